The summed E-state index contributed by atoms with van der Waals surface area (Å²) in [5.41, 5.74) is 7.45. The molecule has 4 nitrogen and oxygen atoms in total. The van der Waals surface area contributed by atoms with Crippen molar-refractivity contribution in [3.8, 4) is 0 Å². The van der Waals surface area contributed by atoms with E-state index in [1.54, 1.807) is 0 Å². The van der Waals surface area contributed by atoms with Gasteiger partial charge >= 0.3 is 5.97 Å². The van der Waals surface area contributed by atoms with E-state index >= 15 is 0 Å². The quantitative estimate of drug-likeness (QED) is 0.829. The van der Waals surface area contributed by atoms with Gasteiger partial charge in [-0.3, -0.25) is 4.79 Å². The van der Waals surface area contributed by atoms with Crippen LogP contribution in [0.25, 0.3) is 11.0 Å². The second-order valence-electron chi connectivity index (χ2n) is 3.79. The summed E-state index contributed by atoms with van der Waals surface area (Å²) in [4.78, 5) is 10.6. The molecule has 16 heavy (non-hydrogen) atoms. The number of fused-ring (bicyclic) bond motifs is 1. The molecular weight excluding hydrogens is 206 g/mol. The molecule has 2 aromatic rings. The Morgan fingerprint density at radius 3 is 2.81 bits per heavy atom. The molecule has 0 aliphatic heterocycles. The lowest BCUT2D eigenvalue weighted by molar-refractivity contribution is -0.137. The van der Waals surface area contributed by atoms with Crippen LogP contribution >= 0.6 is 0 Å². The van der Waals surface area contributed by atoms with Crippen LogP contribution in [0.1, 0.15) is 23.8 Å². The zero-order valence-corrected chi connectivity index (χ0v) is 8.93. The Morgan fingerprint density at radius 2 is 2.19 bits per heavy atom. The molecule has 1 unspecified atom stereocenters. The van der Waals surface area contributed by atoms with Gasteiger partial charge in [-0.05, 0) is 18.6 Å². The van der Waals surface area contributed by atoms with Gasteiger partial charge < -0.3 is 15.3 Å². The van der Waals surface area contributed by atoms with E-state index in [0.717, 1.165) is 16.5 Å². The number of hydrogen-bond donors (Lipinski definition) is 2. The molecule has 1 aromatic carbocycles. The van der Waals surface area contributed by atoms with E-state index in [1.807, 2.05) is 31.2 Å². The average Bonchev–Trinajstić information content (AvgIpc) is 2.56. The summed E-state index contributed by atoms with van der Waals surface area (Å²) in [6.45, 7) is 1.89. The van der Waals surface area contributed by atoms with E-state index in [2.05, 4.69) is 0 Å². The van der Waals surface area contributed by atoms with Gasteiger partial charge in [0.2, 0.25) is 0 Å². The maximum atomic E-state index is 10.6. The molecule has 4 heteroatoms. The minimum atomic E-state index is -0.924. The Labute approximate surface area is 92.7 Å². The highest BCUT2D eigenvalue weighted by Crippen LogP contribution is 2.29. The number of hydrogen-bond acceptors (Lipinski definition) is 3. The van der Waals surface area contributed by atoms with Crippen molar-refractivity contribution in [1.82, 2.24) is 0 Å². The SMILES string of the molecule is Cc1c(C(N)CC(=O)O)oc2ccccc12. The first-order valence-corrected chi connectivity index (χ1v) is 5.05. The molecule has 1 aromatic heterocycles. The topological polar surface area (TPSA) is 76.5 Å². The lowest BCUT2D eigenvalue weighted by Crippen LogP contribution is -2.15. The third-order valence-corrected chi connectivity index (χ3v) is 2.61. The molecule has 0 aliphatic rings. The van der Waals surface area contributed by atoms with Crippen LogP contribution in [-0.4, -0.2) is 11.1 Å². The predicted molar refractivity (Wildman–Crippen MR) is 60.1 cm³/mol. The third kappa shape index (κ3) is 1.79. The van der Waals surface area contributed by atoms with Gasteiger partial charge in [-0.1, -0.05) is 18.2 Å². The number of carboxylic acid groups (broad SMARTS) is 1. The molecule has 0 radical (unpaired) electrons. The van der Waals surface area contributed by atoms with Crippen molar-refractivity contribution < 1.29 is 14.3 Å². The maximum Gasteiger partial charge on any atom is 0.305 e. The lowest BCUT2D eigenvalue weighted by atomic mass is 10.1. The first kappa shape index (κ1) is 10.7. The molecule has 0 saturated carbocycles. The smallest absolute Gasteiger partial charge is 0.305 e. The van der Waals surface area contributed by atoms with Crippen LogP contribution in [0.4, 0.5) is 0 Å². The molecule has 0 amide bonds. The molecule has 0 spiro atoms. The fourth-order valence-electron chi connectivity index (χ4n) is 1.83. The molecule has 0 aliphatic carbocycles. The summed E-state index contributed by atoms with van der Waals surface area (Å²) in [5, 5.41) is 9.67. The van der Waals surface area contributed by atoms with Crippen LogP contribution in [-0.2, 0) is 4.79 Å². The van der Waals surface area contributed by atoms with Gasteiger partial charge in [-0.15, -0.1) is 0 Å². The minimum absolute atomic E-state index is 0.124. The van der Waals surface area contributed by atoms with Crippen LogP contribution < -0.4 is 5.73 Å². The van der Waals surface area contributed by atoms with Crippen molar-refractivity contribution >= 4 is 16.9 Å². The zero-order chi connectivity index (χ0) is 11.7. The Balaban J connectivity index is 2.45. The summed E-state index contributed by atoms with van der Waals surface area (Å²) in [6, 6.07) is 6.98. The highest BCUT2D eigenvalue weighted by atomic mass is 16.4. The molecule has 2 rings (SSSR count). The van der Waals surface area contributed by atoms with Gasteiger partial charge in [-0.25, -0.2) is 0 Å². The summed E-state index contributed by atoms with van der Waals surface area (Å²) >= 11 is 0. The first-order chi connectivity index (χ1) is 7.59. The monoisotopic (exact) mass is 219 g/mol. The van der Waals surface area contributed by atoms with Gasteiger partial charge in [0.1, 0.15) is 11.3 Å². The van der Waals surface area contributed by atoms with E-state index in [1.165, 1.54) is 0 Å². The highest BCUT2D eigenvalue weighted by molar-refractivity contribution is 5.82. The normalized spacial score (nSPS) is 12.9. The van der Waals surface area contributed by atoms with E-state index in [4.69, 9.17) is 15.3 Å². The Hall–Kier alpha value is -1.81. The van der Waals surface area contributed by atoms with Crippen molar-refractivity contribution in [1.29, 1.82) is 0 Å². The molecule has 0 fully saturated rings. The number of rotatable bonds is 3. The number of furan rings is 1. The number of aryl methyl sites for hydroxylation is 1. The van der Waals surface area contributed by atoms with Crippen LogP contribution in [0.15, 0.2) is 28.7 Å². The summed E-state index contributed by atoms with van der Waals surface area (Å²) in [7, 11) is 0. The van der Waals surface area contributed by atoms with Crippen LogP contribution in [0, 0.1) is 6.92 Å². The van der Waals surface area contributed by atoms with E-state index < -0.39 is 12.0 Å². The number of carboxylic acids is 1. The second kappa shape index (κ2) is 3.98. The van der Waals surface area contributed by atoms with Gasteiger partial charge in [0.25, 0.3) is 0 Å². The number of carbonyl (C=O) groups is 1. The van der Waals surface area contributed by atoms with Crippen molar-refractivity contribution in [3.63, 3.8) is 0 Å². The molecule has 0 bridgehead atoms. The Kier molecular flexibility index (Phi) is 2.66. The first-order valence-electron chi connectivity index (χ1n) is 5.05. The second-order valence-corrected chi connectivity index (χ2v) is 3.79. The number of para-hydroxylation sites is 1. The molecular formula is C12H13NO3. The number of aliphatic carboxylic acids is 1. The van der Waals surface area contributed by atoms with Crippen LogP contribution in [0.3, 0.4) is 0 Å². The highest BCUT2D eigenvalue weighted by Gasteiger charge is 2.18. The fraction of sp³-hybridized carbons (Fsp3) is 0.250. The zero-order valence-electron chi connectivity index (χ0n) is 8.93. The van der Waals surface area contributed by atoms with Crippen molar-refractivity contribution in [2.45, 2.75) is 19.4 Å². The molecule has 3 N–H and O–H groups in total. The van der Waals surface area contributed by atoms with Crippen LogP contribution in [0.2, 0.25) is 0 Å². The standard InChI is InChI=1S/C12H13NO3/c1-7-8-4-2-3-5-10(8)16-12(7)9(13)6-11(14)15/h2-5,9H,6,13H2,1H3,(H,14,15). The fourth-order valence-corrected chi connectivity index (χ4v) is 1.83. The number of benzene rings is 1. The maximum absolute atomic E-state index is 10.6. The largest absolute Gasteiger partial charge is 0.481 e. The van der Waals surface area contributed by atoms with Gasteiger partial charge in [0, 0.05) is 5.39 Å². The van der Waals surface area contributed by atoms with Crippen molar-refractivity contribution in [2.75, 3.05) is 0 Å². The van der Waals surface area contributed by atoms with Crippen LogP contribution in [0.5, 0.6) is 0 Å². The average molecular weight is 219 g/mol. The lowest BCUT2D eigenvalue weighted by Gasteiger charge is -2.05. The van der Waals surface area contributed by atoms with Gasteiger partial charge in [-0.2, -0.15) is 0 Å². The predicted octanol–water partition coefficient (Wildman–Crippen LogP) is 2.22. The van der Waals surface area contributed by atoms with Gasteiger partial charge in [0.15, 0.2) is 0 Å². The van der Waals surface area contributed by atoms with E-state index in [0.29, 0.717) is 5.76 Å². The Bertz CT molecular complexity index is 530. The summed E-state index contributed by atoms with van der Waals surface area (Å²) < 4.78 is 5.57. The van der Waals surface area contributed by atoms with E-state index in [9.17, 15) is 4.79 Å². The summed E-state index contributed by atoms with van der Waals surface area (Å²) in [5.74, 6) is -0.365. The van der Waals surface area contributed by atoms with E-state index in [-0.39, 0.29) is 6.42 Å². The molecule has 1 heterocycles. The van der Waals surface area contributed by atoms with Gasteiger partial charge in [0.05, 0.1) is 12.5 Å². The van der Waals surface area contributed by atoms with Crippen molar-refractivity contribution in [2.24, 2.45) is 5.73 Å². The molecule has 0 saturated heterocycles. The molecule has 1 atom stereocenters. The summed E-state index contributed by atoms with van der Waals surface area (Å²) in [6.07, 6.45) is -0.124. The third-order valence-electron chi connectivity index (χ3n) is 2.61. The van der Waals surface area contributed by atoms with Crippen molar-refractivity contribution in [3.05, 3.63) is 35.6 Å². The molecule has 84 valence electrons. The number of nitrogens with two attached hydrogens (primary N) is 1. The Morgan fingerprint density at radius 1 is 1.50 bits per heavy atom. The minimum Gasteiger partial charge on any atom is -0.481 e.